The molecule has 0 amide bonds. The van der Waals surface area contributed by atoms with E-state index in [0.717, 1.165) is 6.54 Å². The molecule has 1 unspecified atom stereocenters. The van der Waals surface area contributed by atoms with Crippen molar-refractivity contribution in [2.75, 3.05) is 20.1 Å². The first-order chi connectivity index (χ1) is 8.81. The highest BCUT2D eigenvalue weighted by molar-refractivity contribution is 5.82. The molecule has 0 aliphatic carbocycles. The van der Waals surface area contributed by atoms with Crippen molar-refractivity contribution in [1.82, 2.24) is 10.2 Å². The summed E-state index contributed by atoms with van der Waals surface area (Å²) in [7, 11) is 2.19. The number of hydrogen-bond donors (Lipinski definition) is 1. The summed E-state index contributed by atoms with van der Waals surface area (Å²) in [6.45, 7) is 3.37. The second kappa shape index (κ2) is 5.09. The second-order valence-corrected chi connectivity index (χ2v) is 5.31. The van der Waals surface area contributed by atoms with Crippen LogP contribution in [0.3, 0.4) is 0 Å². The highest BCUT2D eigenvalue weighted by Gasteiger charge is 2.18. The Morgan fingerprint density at radius 2 is 2.00 bits per heavy atom. The van der Waals surface area contributed by atoms with Crippen LogP contribution in [0.2, 0.25) is 0 Å². The van der Waals surface area contributed by atoms with Crippen LogP contribution in [0, 0.1) is 0 Å². The standard InChI is InChI=1S/C16H20N2/c1-18-9-8-16(12-18)17-11-13-6-7-14-4-2-3-5-15(14)10-13/h2-7,10,16-17H,8-9,11-12H2,1H3. The molecule has 1 heterocycles. The van der Waals surface area contributed by atoms with Gasteiger partial charge in [0.15, 0.2) is 0 Å². The molecular weight excluding hydrogens is 220 g/mol. The monoisotopic (exact) mass is 240 g/mol. The summed E-state index contributed by atoms with van der Waals surface area (Å²) in [5.74, 6) is 0. The van der Waals surface area contributed by atoms with Crippen LogP contribution in [0.25, 0.3) is 10.8 Å². The van der Waals surface area contributed by atoms with Crippen LogP contribution in [0.15, 0.2) is 42.5 Å². The topological polar surface area (TPSA) is 15.3 Å². The summed E-state index contributed by atoms with van der Waals surface area (Å²) in [5.41, 5.74) is 1.38. The molecule has 2 nitrogen and oxygen atoms in total. The van der Waals surface area contributed by atoms with Gasteiger partial charge in [-0.15, -0.1) is 0 Å². The molecule has 0 bridgehead atoms. The summed E-state index contributed by atoms with van der Waals surface area (Å²) in [4.78, 5) is 2.39. The number of likely N-dealkylation sites (N-methyl/N-ethyl adjacent to an activating group) is 1. The minimum Gasteiger partial charge on any atom is -0.309 e. The average Bonchev–Trinajstić information content (AvgIpc) is 2.82. The van der Waals surface area contributed by atoms with E-state index in [2.05, 4.69) is 59.7 Å². The summed E-state index contributed by atoms with van der Waals surface area (Å²) >= 11 is 0. The number of benzene rings is 2. The van der Waals surface area contributed by atoms with Gasteiger partial charge in [-0.25, -0.2) is 0 Å². The molecule has 2 aromatic rings. The number of hydrogen-bond acceptors (Lipinski definition) is 2. The van der Waals surface area contributed by atoms with Crippen molar-refractivity contribution in [3.05, 3.63) is 48.0 Å². The number of likely N-dealkylation sites (tertiary alicyclic amines) is 1. The molecule has 1 aliphatic heterocycles. The molecule has 0 spiro atoms. The lowest BCUT2D eigenvalue weighted by Gasteiger charge is -2.13. The van der Waals surface area contributed by atoms with Crippen LogP contribution >= 0.6 is 0 Å². The van der Waals surface area contributed by atoms with Crippen molar-refractivity contribution in [1.29, 1.82) is 0 Å². The molecule has 1 aliphatic rings. The van der Waals surface area contributed by atoms with Crippen molar-refractivity contribution in [3.63, 3.8) is 0 Å². The van der Waals surface area contributed by atoms with Crippen molar-refractivity contribution in [3.8, 4) is 0 Å². The molecule has 1 N–H and O–H groups in total. The van der Waals surface area contributed by atoms with E-state index in [4.69, 9.17) is 0 Å². The van der Waals surface area contributed by atoms with Gasteiger partial charge in [0.1, 0.15) is 0 Å². The number of nitrogens with one attached hydrogen (secondary N) is 1. The van der Waals surface area contributed by atoms with Gasteiger partial charge in [-0.2, -0.15) is 0 Å². The lowest BCUT2D eigenvalue weighted by molar-refractivity contribution is 0.398. The van der Waals surface area contributed by atoms with E-state index in [-0.39, 0.29) is 0 Å². The van der Waals surface area contributed by atoms with Crippen molar-refractivity contribution < 1.29 is 0 Å². The molecule has 2 aromatic carbocycles. The molecule has 18 heavy (non-hydrogen) atoms. The maximum Gasteiger partial charge on any atom is 0.0210 e. The third kappa shape index (κ3) is 2.55. The predicted molar refractivity (Wildman–Crippen MR) is 76.7 cm³/mol. The maximum absolute atomic E-state index is 3.65. The molecule has 0 radical (unpaired) electrons. The lowest BCUT2D eigenvalue weighted by Crippen LogP contribution is -2.30. The van der Waals surface area contributed by atoms with E-state index in [1.165, 1.54) is 35.8 Å². The van der Waals surface area contributed by atoms with Crippen LogP contribution in [0.5, 0.6) is 0 Å². The number of fused-ring (bicyclic) bond motifs is 1. The summed E-state index contributed by atoms with van der Waals surface area (Å²) in [6, 6.07) is 15.9. The van der Waals surface area contributed by atoms with E-state index >= 15 is 0 Å². The second-order valence-electron chi connectivity index (χ2n) is 5.31. The maximum atomic E-state index is 3.65. The number of nitrogens with zero attached hydrogens (tertiary/aromatic N) is 1. The largest absolute Gasteiger partial charge is 0.309 e. The van der Waals surface area contributed by atoms with E-state index in [1.54, 1.807) is 0 Å². The molecule has 2 heteroatoms. The molecule has 0 aromatic heterocycles. The Labute approximate surface area is 109 Å². The average molecular weight is 240 g/mol. The van der Waals surface area contributed by atoms with Crippen molar-refractivity contribution in [2.45, 2.75) is 19.0 Å². The van der Waals surface area contributed by atoms with E-state index in [9.17, 15) is 0 Å². The quantitative estimate of drug-likeness (QED) is 0.887. The molecule has 3 rings (SSSR count). The zero-order chi connectivity index (χ0) is 12.4. The van der Waals surface area contributed by atoms with E-state index < -0.39 is 0 Å². The molecule has 1 saturated heterocycles. The van der Waals surface area contributed by atoms with Gasteiger partial charge in [0.2, 0.25) is 0 Å². The van der Waals surface area contributed by atoms with Crippen LogP contribution in [0.4, 0.5) is 0 Å². The Kier molecular flexibility index (Phi) is 3.31. The fourth-order valence-corrected chi connectivity index (χ4v) is 2.71. The van der Waals surface area contributed by atoms with Gasteiger partial charge in [0.05, 0.1) is 0 Å². The van der Waals surface area contributed by atoms with Crippen molar-refractivity contribution in [2.24, 2.45) is 0 Å². The first-order valence-electron chi connectivity index (χ1n) is 6.71. The Morgan fingerprint density at radius 1 is 1.17 bits per heavy atom. The third-order valence-corrected chi connectivity index (χ3v) is 3.80. The van der Waals surface area contributed by atoms with Gasteiger partial charge < -0.3 is 10.2 Å². The summed E-state index contributed by atoms with van der Waals surface area (Å²) in [5, 5.41) is 6.31. The van der Waals surface area contributed by atoms with Gasteiger partial charge in [-0.1, -0.05) is 36.4 Å². The SMILES string of the molecule is CN1CCC(NCc2ccc3ccccc3c2)C1. The smallest absolute Gasteiger partial charge is 0.0210 e. The Morgan fingerprint density at radius 3 is 2.78 bits per heavy atom. The van der Waals surface area contributed by atoms with Gasteiger partial charge in [-0.05, 0) is 42.4 Å². The van der Waals surface area contributed by atoms with Gasteiger partial charge in [0.25, 0.3) is 0 Å². The van der Waals surface area contributed by atoms with E-state index in [1.807, 2.05) is 0 Å². The molecule has 1 fully saturated rings. The van der Waals surface area contributed by atoms with Crippen LogP contribution < -0.4 is 5.32 Å². The third-order valence-electron chi connectivity index (χ3n) is 3.80. The van der Waals surface area contributed by atoms with Gasteiger partial charge in [-0.3, -0.25) is 0 Å². The Hall–Kier alpha value is -1.38. The molecule has 94 valence electrons. The first kappa shape index (κ1) is 11.7. The number of rotatable bonds is 3. The zero-order valence-electron chi connectivity index (χ0n) is 10.9. The predicted octanol–water partition coefficient (Wildman–Crippen LogP) is 2.63. The molecule has 1 atom stereocenters. The molecule has 0 saturated carbocycles. The van der Waals surface area contributed by atoms with Crippen LogP contribution in [-0.2, 0) is 6.54 Å². The summed E-state index contributed by atoms with van der Waals surface area (Å²) < 4.78 is 0. The van der Waals surface area contributed by atoms with E-state index in [0.29, 0.717) is 6.04 Å². The van der Waals surface area contributed by atoms with Gasteiger partial charge >= 0.3 is 0 Å². The minimum absolute atomic E-state index is 0.654. The highest BCUT2D eigenvalue weighted by Crippen LogP contribution is 2.16. The normalized spacial score (nSPS) is 20.6. The Bertz CT molecular complexity index is 535. The Balaban J connectivity index is 1.67. The van der Waals surface area contributed by atoms with Crippen molar-refractivity contribution >= 4 is 10.8 Å². The zero-order valence-corrected chi connectivity index (χ0v) is 10.9. The fraction of sp³-hybridized carbons (Fsp3) is 0.375. The first-order valence-corrected chi connectivity index (χ1v) is 6.71. The minimum atomic E-state index is 0.654. The lowest BCUT2D eigenvalue weighted by atomic mass is 10.1. The van der Waals surface area contributed by atoms with Crippen LogP contribution in [0.1, 0.15) is 12.0 Å². The van der Waals surface area contributed by atoms with Gasteiger partial charge in [0, 0.05) is 19.1 Å². The van der Waals surface area contributed by atoms with Crippen LogP contribution in [-0.4, -0.2) is 31.1 Å². The summed E-state index contributed by atoms with van der Waals surface area (Å²) in [6.07, 6.45) is 1.27. The molecular formula is C16H20N2. The highest BCUT2D eigenvalue weighted by atomic mass is 15.2. The fourth-order valence-electron chi connectivity index (χ4n) is 2.71.